The number of fused-ring (bicyclic) bond motifs is 2. The second-order valence-corrected chi connectivity index (χ2v) is 15.5. The summed E-state index contributed by atoms with van der Waals surface area (Å²) in [5.74, 6) is -1.09. The molecule has 4 N–H and O–H groups in total. The molecule has 284 valence electrons. The SMILES string of the molecule is CCN(CC)c1ccc2c(-c3ccc(S(=O)(=O)NCCCCCC(=O)On4c(O)ccc4O)cc3S(=O)(=O)O)c3ccc(=[N+](CC)CC)cc-3oc2c1. The average molecular weight is 770 g/mol. The Morgan fingerprint density at radius 3 is 2.17 bits per heavy atom. The van der Waals surface area contributed by atoms with Gasteiger partial charge in [0.15, 0.2) is 0 Å². The van der Waals surface area contributed by atoms with Crippen molar-refractivity contribution in [3.8, 4) is 34.2 Å². The molecule has 0 saturated carbocycles. The van der Waals surface area contributed by atoms with Crippen LogP contribution in [0.1, 0.15) is 53.4 Å². The van der Waals surface area contributed by atoms with Crippen molar-refractivity contribution in [2.45, 2.75) is 63.2 Å². The summed E-state index contributed by atoms with van der Waals surface area (Å²) in [4.78, 5) is 18.2. The van der Waals surface area contributed by atoms with E-state index in [0.717, 1.165) is 55.4 Å². The number of unbranched alkanes of at least 4 members (excludes halogenated alkanes) is 2. The average Bonchev–Trinajstić information content (AvgIpc) is 3.44. The van der Waals surface area contributed by atoms with Gasteiger partial charge in [-0.25, -0.2) is 22.5 Å². The van der Waals surface area contributed by atoms with Crippen molar-refractivity contribution in [1.29, 1.82) is 0 Å². The third kappa shape index (κ3) is 8.67. The van der Waals surface area contributed by atoms with E-state index in [2.05, 4.69) is 14.2 Å². The highest BCUT2D eigenvalue weighted by Gasteiger charge is 2.27. The van der Waals surface area contributed by atoms with Gasteiger partial charge in [0.25, 0.3) is 10.1 Å². The minimum absolute atomic E-state index is 0.0152. The summed E-state index contributed by atoms with van der Waals surface area (Å²) in [5.41, 5.74) is 2.55. The number of carbonyl (C=O) groups is 1. The molecule has 5 rings (SSSR count). The van der Waals surface area contributed by atoms with Crippen molar-refractivity contribution in [1.82, 2.24) is 14.0 Å². The number of aromatic nitrogens is 1. The van der Waals surface area contributed by atoms with Crippen LogP contribution in [0.4, 0.5) is 5.69 Å². The molecule has 1 aromatic heterocycles. The molecule has 1 aliphatic heterocycles. The lowest BCUT2D eigenvalue weighted by Gasteiger charge is -2.22. The summed E-state index contributed by atoms with van der Waals surface area (Å²) in [7, 11) is -9.16. The molecule has 3 aromatic rings. The summed E-state index contributed by atoms with van der Waals surface area (Å²) in [6.07, 6.45) is 1.06. The Bertz CT molecular complexity index is 2350. The van der Waals surface area contributed by atoms with Crippen LogP contribution in [0.3, 0.4) is 0 Å². The minimum Gasteiger partial charge on any atom is -0.492 e. The number of aromatic hydroxyl groups is 2. The van der Waals surface area contributed by atoms with E-state index in [4.69, 9.17) is 9.25 Å². The fourth-order valence-electron chi connectivity index (χ4n) is 6.32. The molecule has 2 aromatic carbocycles. The van der Waals surface area contributed by atoms with Crippen molar-refractivity contribution < 1.29 is 45.7 Å². The molecular weight excluding hydrogens is 725 g/mol. The second kappa shape index (κ2) is 16.4. The normalized spacial score (nSPS) is 12.0. The van der Waals surface area contributed by atoms with E-state index in [0.29, 0.717) is 51.8 Å². The molecule has 1 aliphatic carbocycles. The maximum absolute atomic E-state index is 13.3. The molecule has 2 heterocycles. The Kier molecular flexibility index (Phi) is 12.2. The van der Waals surface area contributed by atoms with Crippen molar-refractivity contribution >= 4 is 42.8 Å². The second-order valence-electron chi connectivity index (χ2n) is 12.3. The topological polar surface area (TPSA) is 192 Å². The number of nitrogens with one attached hydrogen (secondary N) is 1. The van der Waals surface area contributed by atoms with Crippen LogP contribution in [0.5, 0.6) is 11.8 Å². The Hall–Kier alpha value is -4.90. The van der Waals surface area contributed by atoms with Crippen LogP contribution >= 0.6 is 0 Å². The van der Waals surface area contributed by atoms with Gasteiger partial charge in [-0.05, 0) is 70.9 Å². The first-order chi connectivity index (χ1) is 25.2. The number of rotatable bonds is 16. The molecule has 0 unspecified atom stereocenters. The zero-order chi connectivity index (χ0) is 38.5. The molecule has 53 heavy (non-hydrogen) atoms. The van der Waals surface area contributed by atoms with Gasteiger partial charge in [-0.2, -0.15) is 8.42 Å². The summed E-state index contributed by atoms with van der Waals surface area (Å²) < 4.78 is 74.8. The Morgan fingerprint density at radius 1 is 0.849 bits per heavy atom. The predicted molar refractivity (Wildman–Crippen MR) is 201 cm³/mol. The first kappa shape index (κ1) is 39.3. The van der Waals surface area contributed by atoms with Gasteiger partial charge in [0.05, 0.1) is 11.0 Å². The molecule has 2 aliphatic rings. The Labute approximate surface area is 308 Å². The molecule has 0 fully saturated rings. The van der Waals surface area contributed by atoms with Gasteiger partial charge >= 0.3 is 5.97 Å². The van der Waals surface area contributed by atoms with Gasteiger partial charge in [0.1, 0.15) is 29.3 Å². The number of hydrogen-bond donors (Lipinski definition) is 4. The Morgan fingerprint density at radius 2 is 1.53 bits per heavy atom. The third-order valence-corrected chi connectivity index (χ3v) is 11.4. The van der Waals surface area contributed by atoms with E-state index in [1.165, 1.54) is 12.1 Å². The lowest BCUT2D eigenvalue weighted by molar-refractivity contribution is -0.145. The fraction of sp³-hybridized carbons (Fsp3) is 0.351. The molecule has 0 amide bonds. The summed E-state index contributed by atoms with van der Waals surface area (Å²) >= 11 is 0. The highest BCUT2D eigenvalue weighted by atomic mass is 32.2. The van der Waals surface area contributed by atoms with Crippen molar-refractivity contribution in [2.24, 2.45) is 0 Å². The molecule has 0 atom stereocenters. The molecule has 0 radical (unpaired) electrons. The third-order valence-electron chi connectivity index (χ3n) is 9.10. The van der Waals surface area contributed by atoms with Crippen molar-refractivity contribution in [3.05, 3.63) is 72.1 Å². The smallest absolute Gasteiger partial charge is 0.333 e. The summed E-state index contributed by atoms with van der Waals surface area (Å²) in [6, 6.07) is 17.3. The van der Waals surface area contributed by atoms with Crippen LogP contribution in [0, 0.1) is 0 Å². The number of hydrogen-bond acceptors (Lipinski definition) is 10. The molecule has 14 nitrogen and oxygen atoms in total. The van der Waals surface area contributed by atoms with Crippen LogP contribution in [0.25, 0.3) is 33.4 Å². The van der Waals surface area contributed by atoms with Gasteiger partial charge in [-0.3, -0.25) is 4.55 Å². The summed E-state index contributed by atoms with van der Waals surface area (Å²) in [6.45, 7) is 11.2. The highest BCUT2D eigenvalue weighted by Crippen LogP contribution is 2.43. The number of anilines is 1. The number of benzene rings is 3. The molecule has 0 saturated heterocycles. The number of sulfonamides is 1. The van der Waals surface area contributed by atoms with Crippen molar-refractivity contribution in [3.63, 3.8) is 0 Å². The van der Waals surface area contributed by atoms with Crippen LogP contribution < -0.4 is 24.4 Å². The molecule has 0 bridgehead atoms. The van der Waals surface area contributed by atoms with E-state index in [1.807, 2.05) is 64.1 Å². The first-order valence-electron chi connectivity index (χ1n) is 17.5. The van der Waals surface area contributed by atoms with Gasteiger partial charge in [-0.1, -0.05) is 12.5 Å². The van der Waals surface area contributed by atoms with E-state index < -0.39 is 42.8 Å². The summed E-state index contributed by atoms with van der Waals surface area (Å²) in [5, 5.41) is 20.7. The monoisotopic (exact) mass is 769 g/mol. The van der Waals surface area contributed by atoms with Crippen LogP contribution in [0.2, 0.25) is 0 Å². The van der Waals surface area contributed by atoms with Crippen LogP contribution in [-0.2, 0) is 24.9 Å². The van der Waals surface area contributed by atoms with E-state index >= 15 is 0 Å². The first-order valence-corrected chi connectivity index (χ1v) is 20.4. The van der Waals surface area contributed by atoms with Crippen molar-refractivity contribution in [2.75, 3.05) is 37.6 Å². The molecule has 0 spiro atoms. The minimum atomic E-state index is -4.94. The maximum Gasteiger partial charge on any atom is 0.333 e. The number of carbonyl (C=O) groups excluding carboxylic acids is 1. The van der Waals surface area contributed by atoms with E-state index in [-0.39, 0.29) is 23.4 Å². The van der Waals surface area contributed by atoms with E-state index in [9.17, 15) is 36.4 Å². The molecular formula is C37H45N4O10S2+. The van der Waals surface area contributed by atoms with Gasteiger partial charge < -0.3 is 24.4 Å². The van der Waals surface area contributed by atoms with Gasteiger partial charge in [0, 0.05) is 78.1 Å². The van der Waals surface area contributed by atoms with E-state index in [1.54, 1.807) is 0 Å². The maximum atomic E-state index is 13.3. The van der Waals surface area contributed by atoms with Crippen LogP contribution in [0.15, 0.2) is 80.9 Å². The predicted octanol–water partition coefficient (Wildman–Crippen LogP) is 4.82. The lowest BCUT2D eigenvalue weighted by atomic mass is 9.93. The fourth-order valence-corrected chi connectivity index (χ4v) is 8.22. The largest absolute Gasteiger partial charge is 0.492 e. The van der Waals surface area contributed by atoms with Crippen LogP contribution in [-0.4, -0.2) is 75.0 Å². The standard InChI is InChI=1S/C37H44N4O10S2/c1-5-39(6-2)25-13-16-28-31(22-25)50-32-23-26(40(7-3)8-4)14-17-29(32)37(28)30-18-15-27(24-33(30)53(47,48)49)52(45,46)38-21-11-9-10-12-36(44)51-41-34(42)19-20-35(41)43/h13-20,22-24,38H,5-12,21H2,1-4H3,(H2-,42,43,47,48,49)/p+1. The zero-order valence-electron chi connectivity index (χ0n) is 30.1. The van der Waals surface area contributed by atoms with Gasteiger partial charge in [-0.15, -0.1) is 4.73 Å². The zero-order valence-corrected chi connectivity index (χ0v) is 31.7. The number of nitrogens with zero attached hydrogens (tertiary/aromatic N) is 3. The van der Waals surface area contributed by atoms with Gasteiger partial charge in [0.2, 0.25) is 27.1 Å². The Balaban J connectivity index is 1.46. The quantitative estimate of drug-likeness (QED) is 0.0466. The highest BCUT2D eigenvalue weighted by molar-refractivity contribution is 7.89. The molecule has 16 heteroatoms. The lowest BCUT2D eigenvalue weighted by Crippen LogP contribution is -2.29.